The molecule has 1 aliphatic rings. The van der Waals surface area contributed by atoms with Gasteiger partial charge in [0.2, 0.25) is 0 Å². The maximum absolute atomic E-state index is 3.55. The largest absolute Gasteiger partial charge is 0.355 e. The van der Waals surface area contributed by atoms with Crippen molar-refractivity contribution in [1.29, 1.82) is 0 Å². The van der Waals surface area contributed by atoms with Crippen LogP contribution in [-0.2, 0) is 0 Å². The first-order chi connectivity index (χ1) is 12.4. The van der Waals surface area contributed by atoms with E-state index in [2.05, 4.69) is 96.0 Å². The maximum atomic E-state index is 3.55. The van der Waals surface area contributed by atoms with Gasteiger partial charge in [0.1, 0.15) is 0 Å². The normalized spacial score (nSPS) is 16.7. The molecule has 0 aliphatic heterocycles. The molecule has 0 saturated carbocycles. The molecule has 0 fully saturated rings. The van der Waals surface area contributed by atoms with Gasteiger partial charge in [-0.05, 0) is 47.4 Å². The first-order valence-corrected chi connectivity index (χ1v) is 8.83. The highest BCUT2D eigenvalue weighted by Gasteiger charge is 2.12. The quantitative estimate of drug-likeness (QED) is 0.429. The smallest absolute Gasteiger partial charge is 0.0465 e. The molecule has 1 heteroatoms. The number of rotatable bonds is 2. The topological polar surface area (TPSA) is 15.8 Å². The fourth-order valence-corrected chi connectivity index (χ4v) is 3.78. The van der Waals surface area contributed by atoms with E-state index in [4.69, 9.17) is 0 Å². The van der Waals surface area contributed by atoms with Gasteiger partial charge in [0.25, 0.3) is 0 Å². The van der Waals surface area contributed by atoms with Gasteiger partial charge < -0.3 is 4.98 Å². The van der Waals surface area contributed by atoms with Crippen LogP contribution in [0.2, 0.25) is 0 Å². The fourth-order valence-electron chi connectivity index (χ4n) is 3.78. The van der Waals surface area contributed by atoms with Gasteiger partial charge in [-0.1, -0.05) is 66.8 Å². The second-order valence-corrected chi connectivity index (χ2v) is 6.71. The van der Waals surface area contributed by atoms with Crippen LogP contribution in [0.3, 0.4) is 0 Å². The van der Waals surface area contributed by atoms with E-state index >= 15 is 0 Å². The molecule has 1 unspecified atom stereocenters. The van der Waals surface area contributed by atoms with Crippen LogP contribution in [0.4, 0.5) is 0 Å². The third-order valence-electron chi connectivity index (χ3n) is 5.14. The summed E-state index contributed by atoms with van der Waals surface area (Å²) in [5, 5.41) is 2.61. The van der Waals surface area contributed by atoms with Crippen LogP contribution in [0.25, 0.3) is 32.9 Å². The number of aromatic nitrogens is 1. The number of allylic oxidation sites excluding steroid dienone is 4. The van der Waals surface area contributed by atoms with E-state index in [-0.39, 0.29) is 0 Å². The van der Waals surface area contributed by atoms with E-state index in [1.165, 1.54) is 38.5 Å². The van der Waals surface area contributed by atoms with Crippen LogP contribution < -0.4 is 0 Å². The fraction of sp³-hybridized carbons (Fsp3) is 0.0833. The molecule has 120 valence electrons. The van der Waals surface area contributed by atoms with Crippen molar-refractivity contribution in [3.05, 3.63) is 96.6 Å². The van der Waals surface area contributed by atoms with Crippen molar-refractivity contribution in [2.75, 3.05) is 0 Å². The second kappa shape index (κ2) is 5.78. The van der Waals surface area contributed by atoms with E-state index in [1.54, 1.807) is 0 Å². The number of benzene rings is 3. The molecule has 1 aromatic heterocycles. The van der Waals surface area contributed by atoms with Gasteiger partial charge >= 0.3 is 0 Å². The molecule has 0 bridgehead atoms. The lowest BCUT2D eigenvalue weighted by Gasteiger charge is -2.13. The molecule has 4 aromatic rings. The average molecular weight is 321 g/mol. The summed E-state index contributed by atoms with van der Waals surface area (Å²) in [5.74, 6) is 0.483. The van der Waals surface area contributed by atoms with Crippen molar-refractivity contribution in [2.45, 2.75) is 12.3 Å². The molecule has 5 rings (SSSR count). The molecule has 0 spiro atoms. The number of H-pyrrole nitrogens is 1. The van der Waals surface area contributed by atoms with Crippen LogP contribution >= 0.6 is 0 Å². The maximum Gasteiger partial charge on any atom is 0.0465 e. The van der Waals surface area contributed by atoms with Crippen LogP contribution in [0.5, 0.6) is 0 Å². The molecular weight excluding hydrogens is 302 g/mol. The molecule has 1 N–H and O–H groups in total. The average Bonchev–Trinajstić information content (AvgIpc) is 3.06. The van der Waals surface area contributed by atoms with Gasteiger partial charge in [-0.3, -0.25) is 0 Å². The zero-order valence-corrected chi connectivity index (χ0v) is 13.9. The van der Waals surface area contributed by atoms with Crippen molar-refractivity contribution in [1.82, 2.24) is 4.98 Å². The second-order valence-electron chi connectivity index (χ2n) is 6.71. The summed E-state index contributed by atoms with van der Waals surface area (Å²) in [6, 6.07) is 24.1. The van der Waals surface area contributed by atoms with Crippen LogP contribution in [0.1, 0.15) is 17.9 Å². The molecule has 0 amide bonds. The third kappa shape index (κ3) is 2.49. The monoisotopic (exact) mass is 321 g/mol. The molecule has 1 heterocycles. The van der Waals surface area contributed by atoms with Gasteiger partial charge in [0, 0.05) is 27.7 Å². The SMILES string of the molecule is C1=CCC(c2ccc3[nH]c4ccc(-c5ccccc5)cc4c3c2)C=C1. The molecule has 1 atom stereocenters. The van der Waals surface area contributed by atoms with Crippen molar-refractivity contribution >= 4 is 21.8 Å². The molecule has 3 aromatic carbocycles. The van der Waals surface area contributed by atoms with E-state index in [0.717, 1.165) is 6.42 Å². The summed E-state index contributed by atoms with van der Waals surface area (Å²) in [4.78, 5) is 3.55. The number of fused-ring (bicyclic) bond motifs is 3. The molecule has 1 aliphatic carbocycles. The Bertz CT molecular complexity index is 1110. The Balaban J connectivity index is 1.68. The lowest BCUT2D eigenvalue weighted by molar-refractivity contribution is 0.855. The van der Waals surface area contributed by atoms with E-state index in [9.17, 15) is 0 Å². The van der Waals surface area contributed by atoms with E-state index in [1.807, 2.05) is 0 Å². The van der Waals surface area contributed by atoms with Crippen molar-refractivity contribution in [3.8, 4) is 11.1 Å². The Morgan fingerprint density at radius 2 is 1.52 bits per heavy atom. The molecule has 25 heavy (non-hydrogen) atoms. The number of aromatic amines is 1. The van der Waals surface area contributed by atoms with Crippen LogP contribution in [0, 0.1) is 0 Å². The van der Waals surface area contributed by atoms with Gasteiger partial charge in [0.15, 0.2) is 0 Å². The number of nitrogens with one attached hydrogen (secondary N) is 1. The predicted molar refractivity (Wildman–Crippen MR) is 107 cm³/mol. The standard InChI is InChI=1S/C24H19N/c1-3-7-17(8-4-1)19-11-13-23-21(15-19)22-16-20(12-14-24(22)25-23)18-9-5-2-6-10-18/h1-9,11-16,18,25H,10H2. The highest BCUT2D eigenvalue weighted by atomic mass is 14.7. The number of hydrogen-bond acceptors (Lipinski definition) is 0. The van der Waals surface area contributed by atoms with Gasteiger partial charge in [-0.15, -0.1) is 0 Å². The van der Waals surface area contributed by atoms with Crippen molar-refractivity contribution < 1.29 is 0 Å². The van der Waals surface area contributed by atoms with Crippen molar-refractivity contribution in [3.63, 3.8) is 0 Å². The minimum Gasteiger partial charge on any atom is -0.355 e. The highest BCUT2D eigenvalue weighted by Crippen LogP contribution is 2.33. The summed E-state index contributed by atoms with van der Waals surface area (Å²) in [6.45, 7) is 0. The summed E-state index contributed by atoms with van der Waals surface area (Å²) in [6.07, 6.45) is 9.91. The molecule has 1 nitrogen and oxygen atoms in total. The lowest BCUT2D eigenvalue weighted by Crippen LogP contribution is -1.95. The van der Waals surface area contributed by atoms with Gasteiger partial charge in [-0.2, -0.15) is 0 Å². The summed E-state index contributed by atoms with van der Waals surface area (Å²) >= 11 is 0. The summed E-state index contributed by atoms with van der Waals surface area (Å²) < 4.78 is 0. The Morgan fingerprint density at radius 3 is 2.32 bits per heavy atom. The Hall–Kier alpha value is -3.06. The minimum absolute atomic E-state index is 0.483. The third-order valence-corrected chi connectivity index (χ3v) is 5.14. The lowest BCUT2D eigenvalue weighted by atomic mass is 9.91. The predicted octanol–water partition coefficient (Wildman–Crippen LogP) is 6.59. The zero-order chi connectivity index (χ0) is 16.6. The Kier molecular flexibility index (Phi) is 3.31. The Labute approximate surface area is 147 Å². The zero-order valence-electron chi connectivity index (χ0n) is 13.9. The number of hydrogen-bond donors (Lipinski definition) is 1. The van der Waals surface area contributed by atoms with Crippen LogP contribution in [0.15, 0.2) is 91.0 Å². The first kappa shape index (κ1) is 14.3. The van der Waals surface area contributed by atoms with Gasteiger partial charge in [0.05, 0.1) is 0 Å². The van der Waals surface area contributed by atoms with E-state index in [0.29, 0.717) is 5.92 Å². The molecular formula is C24H19N. The highest BCUT2D eigenvalue weighted by molar-refractivity contribution is 6.08. The molecule has 0 radical (unpaired) electrons. The van der Waals surface area contributed by atoms with Crippen molar-refractivity contribution in [2.24, 2.45) is 0 Å². The minimum atomic E-state index is 0.483. The van der Waals surface area contributed by atoms with E-state index < -0.39 is 0 Å². The Morgan fingerprint density at radius 1 is 0.720 bits per heavy atom. The van der Waals surface area contributed by atoms with Gasteiger partial charge in [-0.25, -0.2) is 0 Å². The molecule has 0 saturated heterocycles. The first-order valence-electron chi connectivity index (χ1n) is 8.83. The van der Waals surface area contributed by atoms with Crippen LogP contribution in [-0.4, -0.2) is 4.98 Å². The summed E-state index contributed by atoms with van der Waals surface area (Å²) in [7, 11) is 0. The summed E-state index contributed by atoms with van der Waals surface area (Å²) in [5.41, 5.74) is 6.32.